The van der Waals surface area contributed by atoms with Crippen LogP contribution in [0.25, 0.3) is 11.3 Å². The van der Waals surface area contributed by atoms with E-state index in [0.29, 0.717) is 34.7 Å². The zero-order valence-electron chi connectivity index (χ0n) is 14.9. The maximum atomic E-state index is 13.0. The van der Waals surface area contributed by atoms with Crippen molar-refractivity contribution in [2.24, 2.45) is 0 Å². The van der Waals surface area contributed by atoms with Crippen LogP contribution in [0.2, 0.25) is 0 Å². The number of ether oxygens (including phenoxy) is 1. The Morgan fingerprint density at radius 2 is 1.81 bits per heavy atom. The van der Waals surface area contributed by atoms with E-state index in [-0.39, 0.29) is 10.5 Å². The number of aromatic nitrogens is 2. The number of hydrogen-bond acceptors (Lipinski definition) is 5. The third-order valence-corrected chi connectivity index (χ3v) is 5.52. The number of rotatable bonds is 6. The molecule has 3 aromatic rings. The fourth-order valence-corrected chi connectivity index (χ4v) is 4.03. The molecule has 0 saturated heterocycles. The summed E-state index contributed by atoms with van der Waals surface area (Å²) < 4.78 is 33.6. The molecule has 2 N–H and O–H groups in total. The number of aromatic amines is 1. The summed E-state index contributed by atoms with van der Waals surface area (Å²) in [5.41, 5.74) is 1.88. The van der Waals surface area contributed by atoms with Crippen molar-refractivity contribution in [1.82, 2.24) is 10.2 Å². The number of H-pyrrole nitrogens is 1. The largest absolute Gasteiger partial charge is 0.497 e. The van der Waals surface area contributed by atoms with Gasteiger partial charge in [0.15, 0.2) is 0 Å². The Morgan fingerprint density at radius 3 is 2.41 bits per heavy atom. The van der Waals surface area contributed by atoms with Gasteiger partial charge in [-0.15, -0.1) is 0 Å². The standard InChI is InChI=1S/C19H19N3O4S/c1-3-13-4-5-14(17-10-11-19(23)21-20-17)12-18(13)27(24,25)22-15-6-8-16(26-2)9-7-15/h4-12,22H,3H2,1-2H3,(H,21,23). The van der Waals surface area contributed by atoms with Gasteiger partial charge >= 0.3 is 0 Å². The van der Waals surface area contributed by atoms with Crippen molar-refractivity contribution in [3.63, 3.8) is 0 Å². The lowest BCUT2D eigenvalue weighted by Crippen LogP contribution is -2.15. The van der Waals surface area contributed by atoms with Crippen LogP contribution >= 0.6 is 0 Å². The molecule has 0 aliphatic rings. The van der Waals surface area contributed by atoms with Crippen LogP contribution in [0.3, 0.4) is 0 Å². The van der Waals surface area contributed by atoms with E-state index < -0.39 is 10.0 Å². The maximum Gasteiger partial charge on any atom is 0.264 e. The Labute approximate surface area is 157 Å². The van der Waals surface area contributed by atoms with Crippen LogP contribution in [0.5, 0.6) is 5.75 Å². The molecule has 0 bridgehead atoms. The molecule has 7 nitrogen and oxygen atoms in total. The highest BCUT2D eigenvalue weighted by molar-refractivity contribution is 7.92. The van der Waals surface area contributed by atoms with Crippen LogP contribution in [0.4, 0.5) is 5.69 Å². The van der Waals surface area contributed by atoms with Gasteiger partial charge in [-0.05, 0) is 48.4 Å². The highest BCUT2D eigenvalue weighted by Crippen LogP contribution is 2.26. The molecule has 2 aromatic carbocycles. The van der Waals surface area contributed by atoms with Crippen LogP contribution in [-0.4, -0.2) is 25.7 Å². The molecule has 1 aromatic heterocycles. The molecular weight excluding hydrogens is 366 g/mol. The summed E-state index contributed by atoms with van der Waals surface area (Å²) in [6.07, 6.45) is 0.554. The highest BCUT2D eigenvalue weighted by atomic mass is 32.2. The van der Waals surface area contributed by atoms with Crippen molar-refractivity contribution in [3.05, 3.63) is 70.5 Å². The third-order valence-electron chi connectivity index (χ3n) is 4.05. The zero-order valence-corrected chi connectivity index (χ0v) is 15.7. The molecule has 0 aliphatic heterocycles. The van der Waals surface area contributed by atoms with Gasteiger partial charge in [0, 0.05) is 17.3 Å². The number of nitrogens with zero attached hydrogens (tertiary/aromatic N) is 1. The molecule has 0 spiro atoms. The SMILES string of the molecule is CCc1ccc(-c2ccc(=O)[nH]n2)cc1S(=O)(=O)Nc1ccc(OC)cc1. The van der Waals surface area contributed by atoms with E-state index in [9.17, 15) is 13.2 Å². The van der Waals surface area contributed by atoms with E-state index >= 15 is 0 Å². The van der Waals surface area contributed by atoms with Crippen molar-refractivity contribution in [2.45, 2.75) is 18.2 Å². The van der Waals surface area contributed by atoms with Gasteiger partial charge in [-0.3, -0.25) is 9.52 Å². The van der Waals surface area contributed by atoms with Gasteiger partial charge in [0.1, 0.15) is 5.75 Å². The van der Waals surface area contributed by atoms with Gasteiger partial charge in [0.2, 0.25) is 0 Å². The summed E-state index contributed by atoms with van der Waals surface area (Å²) in [6, 6.07) is 14.6. The van der Waals surface area contributed by atoms with Crippen molar-refractivity contribution in [1.29, 1.82) is 0 Å². The molecule has 3 rings (SSSR count). The predicted molar refractivity (Wildman–Crippen MR) is 103 cm³/mol. The smallest absolute Gasteiger partial charge is 0.264 e. The van der Waals surface area contributed by atoms with Gasteiger partial charge < -0.3 is 4.74 Å². The van der Waals surface area contributed by atoms with Crippen molar-refractivity contribution < 1.29 is 13.2 Å². The van der Waals surface area contributed by atoms with Gasteiger partial charge in [0.25, 0.3) is 15.6 Å². The summed E-state index contributed by atoms with van der Waals surface area (Å²) in [4.78, 5) is 11.4. The molecule has 0 saturated carbocycles. The van der Waals surface area contributed by atoms with Crippen LogP contribution in [0, 0.1) is 0 Å². The second-order valence-electron chi connectivity index (χ2n) is 5.82. The predicted octanol–water partition coefficient (Wildman–Crippen LogP) is 2.81. The number of sulfonamides is 1. The molecule has 0 atom stereocenters. The van der Waals surface area contributed by atoms with E-state index in [2.05, 4.69) is 14.9 Å². The average Bonchev–Trinajstić information content (AvgIpc) is 2.68. The lowest BCUT2D eigenvalue weighted by Gasteiger charge is -2.13. The fraction of sp³-hybridized carbons (Fsp3) is 0.158. The molecular formula is C19H19N3O4S. The van der Waals surface area contributed by atoms with Crippen LogP contribution in [0.1, 0.15) is 12.5 Å². The first-order valence-corrected chi connectivity index (χ1v) is 9.77. The molecule has 8 heteroatoms. The van der Waals surface area contributed by atoms with E-state index in [1.54, 1.807) is 55.6 Å². The van der Waals surface area contributed by atoms with Gasteiger partial charge in [-0.1, -0.05) is 19.1 Å². The Bertz CT molecular complexity index is 1090. The summed E-state index contributed by atoms with van der Waals surface area (Å²) >= 11 is 0. The van der Waals surface area contributed by atoms with E-state index in [1.165, 1.54) is 6.07 Å². The van der Waals surface area contributed by atoms with Crippen LogP contribution < -0.4 is 15.0 Å². The van der Waals surface area contributed by atoms with Gasteiger partial charge in [0.05, 0.1) is 17.7 Å². The van der Waals surface area contributed by atoms with Crippen molar-refractivity contribution in [3.8, 4) is 17.0 Å². The first-order chi connectivity index (χ1) is 12.9. The third kappa shape index (κ3) is 4.17. The molecule has 0 aliphatic carbocycles. The van der Waals surface area contributed by atoms with Crippen molar-refractivity contribution >= 4 is 15.7 Å². The molecule has 0 radical (unpaired) electrons. The quantitative estimate of drug-likeness (QED) is 0.679. The number of nitrogens with one attached hydrogen (secondary N) is 2. The number of aryl methyl sites for hydroxylation is 1. The zero-order chi connectivity index (χ0) is 19.4. The topological polar surface area (TPSA) is 101 Å². The van der Waals surface area contributed by atoms with Gasteiger partial charge in [-0.2, -0.15) is 5.10 Å². The number of methoxy groups -OCH3 is 1. The van der Waals surface area contributed by atoms with Crippen molar-refractivity contribution in [2.75, 3.05) is 11.8 Å². The minimum absolute atomic E-state index is 0.173. The first kappa shape index (κ1) is 18.7. The summed E-state index contributed by atoms with van der Waals surface area (Å²) in [7, 11) is -2.26. The Hall–Kier alpha value is -3.13. The average molecular weight is 385 g/mol. The maximum absolute atomic E-state index is 13.0. The van der Waals surface area contributed by atoms with Crippen LogP contribution in [0.15, 0.2) is 64.3 Å². The molecule has 1 heterocycles. The second-order valence-corrected chi connectivity index (χ2v) is 7.47. The molecule has 0 fully saturated rings. The molecule has 0 amide bonds. The lowest BCUT2D eigenvalue weighted by atomic mass is 10.1. The molecule has 0 unspecified atom stereocenters. The highest BCUT2D eigenvalue weighted by Gasteiger charge is 2.19. The minimum Gasteiger partial charge on any atom is -0.497 e. The van der Waals surface area contributed by atoms with E-state index in [4.69, 9.17) is 4.74 Å². The number of anilines is 1. The van der Waals surface area contributed by atoms with Crippen LogP contribution in [-0.2, 0) is 16.4 Å². The Morgan fingerprint density at radius 1 is 1.07 bits per heavy atom. The minimum atomic E-state index is -3.80. The first-order valence-electron chi connectivity index (χ1n) is 8.29. The van der Waals surface area contributed by atoms with E-state index in [1.807, 2.05) is 6.92 Å². The summed E-state index contributed by atoms with van der Waals surface area (Å²) in [6.45, 7) is 1.89. The molecule has 140 valence electrons. The number of hydrogen-bond donors (Lipinski definition) is 2. The van der Waals surface area contributed by atoms with E-state index in [0.717, 1.165) is 0 Å². The Balaban J connectivity index is 2.00. The summed E-state index contributed by atoms with van der Waals surface area (Å²) in [5, 5.41) is 6.32. The number of benzene rings is 2. The van der Waals surface area contributed by atoms with Gasteiger partial charge in [-0.25, -0.2) is 13.5 Å². The molecule has 27 heavy (non-hydrogen) atoms. The Kier molecular flexibility index (Phi) is 5.27. The lowest BCUT2D eigenvalue weighted by molar-refractivity contribution is 0.415. The monoisotopic (exact) mass is 385 g/mol. The fourth-order valence-electron chi connectivity index (χ4n) is 2.63. The normalized spacial score (nSPS) is 11.2. The summed E-state index contributed by atoms with van der Waals surface area (Å²) in [5.74, 6) is 0.637. The second kappa shape index (κ2) is 7.63.